The number of carbonyl (C=O) groups is 2. The van der Waals surface area contributed by atoms with Gasteiger partial charge >= 0.3 is 0 Å². The Morgan fingerprint density at radius 1 is 1.22 bits per heavy atom. The van der Waals surface area contributed by atoms with Crippen LogP contribution in [0.4, 0.5) is 0 Å². The van der Waals surface area contributed by atoms with Crippen molar-refractivity contribution in [2.45, 2.75) is 32.7 Å². The van der Waals surface area contributed by atoms with E-state index < -0.39 is 5.41 Å². The molecule has 23 heavy (non-hydrogen) atoms. The third kappa shape index (κ3) is 2.90. The molecule has 0 N–H and O–H groups in total. The molecule has 124 valence electrons. The van der Waals surface area contributed by atoms with Gasteiger partial charge in [-0.25, -0.2) is 0 Å². The minimum absolute atomic E-state index is 0.0431. The van der Waals surface area contributed by atoms with Crippen LogP contribution >= 0.6 is 0 Å². The van der Waals surface area contributed by atoms with Gasteiger partial charge in [0.15, 0.2) is 0 Å². The molecule has 1 spiro atoms. The van der Waals surface area contributed by atoms with E-state index in [1.165, 1.54) is 10.6 Å². The van der Waals surface area contributed by atoms with Gasteiger partial charge in [-0.2, -0.15) is 0 Å². The molecule has 1 aromatic rings. The molecule has 2 amide bonds. The van der Waals surface area contributed by atoms with Crippen molar-refractivity contribution in [1.82, 2.24) is 14.4 Å². The van der Waals surface area contributed by atoms with Gasteiger partial charge in [0.05, 0.1) is 5.41 Å². The summed E-state index contributed by atoms with van der Waals surface area (Å²) in [6.45, 7) is 4.68. The van der Waals surface area contributed by atoms with E-state index in [1.54, 1.807) is 23.2 Å². The number of piperidine rings is 1. The number of amides is 2. The Morgan fingerprint density at radius 3 is 2.78 bits per heavy atom. The van der Waals surface area contributed by atoms with Gasteiger partial charge in [0, 0.05) is 38.4 Å². The van der Waals surface area contributed by atoms with Crippen molar-refractivity contribution in [3.05, 3.63) is 34.7 Å². The van der Waals surface area contributed by atoms with Gasteiger partial charge in [-0.3, -0.25) is 14.4 Å². The van der Waals surface area contributed by atoms with Crippen molar-refractivity contribution in [3.8, 4) is 0 Å². The molecule has 2 aliphatic heterocycles. The first kappa shape index (κ1) is 15.8. The molecule has 3 heterocycles. The first-order valence-electron chi connectivity index (χ1n) is 8.28. The predicted octanol–water partition coefficient (Wildman–Crippen LogP) is 0.709. The third-order valence-electron chi connectivity index (χ3n) is 5.12. The number of hydrogen-bond donors (Lipinski definition) is 0. The highest BCUT2D eigenvalue weighted by atomic mass is 16.2. The minimum Gasteiger partial charge on any atom is -0.342 e. The van der Waals surface area contributed by atoms with Gasteiger partial charge in [-0.05, 0) is 32.3 Å². The van der Waals surface area contributed by atoms with Gasteiger partial charge in [0.25, 0.3) is 5.56 Å². The summed E-state index contributed by atoms with van der Waals surface area (Å²) in [5, 5.41) is 0. The van der Waals surface area contributed by atoms with Crippen molar-refractivity contribution >= 4 is 11.8 Å². The van der Waals surface area contributed by atoms with Crippen LogP contribution in [-0.4, -0.2) is 52.4 Å². The van der Waals surface area contributed by atoms with Gasteiger partial charge in [0.2, 0.25) is 11.8 Å². The Hall–Kier alpha value is -2.11. The molecule has 0 aromatic carbocycles. The second-order valence-corrected chi connectivity index (χ2v) is 6.50. The second-order valence-electron chi connectivity index (χ2n) is 6.50. The smallest absolute Gasteiger partial charge is 0.250 e. The monoisotopic (exact) mass is 317 g/mol. The fraction of sp³-hybridized carbons (Fsp3) is 0.588. The first-order valence-corrected chi connectivity index (χ1v) is 8.28. The maximum absolute atomic E-state index is 12.7. The lowest BCUT2D eigenvalue weighted by Crippen LogP contribution is -2.50. The van der Waals surface area contributed by atoms with E-state index in [0.29, 0.717) is 13.1 Å². The molecule has 0 radical (unpaired) electrons. The van der Waals surface area contributed by atoms with Crippen LogP contribution in [0, 0.1) is 5.41 Å². The average Bonchev–Trinajstić information content (AvgIpc) is 2.98. The molecule has 6 nitrogen and oxygen atoms in total. The lowest BCUT2D eigenvalue weighted by atomic mass is 9.78. The van der Waals surface area contributed by atoms with Gasteiger partial charge in [-0.15, -0.1) is 0 Å². The Labute approximate surface area is 135 Å². The fourth-order valence-electron chi connectivity index (χ4n) is 3.75. The Bertz CT molecular complexity index is 669. The zero-order chi connectivity index (χ0) is 16.4. The maximum Gasteiger partial charge on any atom is 0.250 e. The molecule has 6 heteroatoms. The second kappa shape index (κ2) is 6.18. The summed E-state index contributed by atoms with van der Waals surface area (Å²) >= 11 is 0. The Balaban J connectivity index is 1.70. The number of aromatic nitrogens is 1. The normalized spacial score (nSPS) is 24.5. The summed E-state index contributed by atoms with van der Waals surface area (Å²) in [6.07, 6.45) is 4.21. The van der Waals surface area contributed by atoms with E-state index >= 15 is 0 Å². The molecule has 3 rings (SSSR count). The lowest BCUT2D eigenvalue weighted by molar-refractivity contribution is -0.145. The summed E-state index contributed by atoms with van der Waals surface area (Å²) in [7, 11) is 0. The summed E-state index contributed by atoms with van der Waals surface area (Å²) in [5.74, 6) is 0.107. The van der Waals surface area contributed by atoms with Crippen molar-refractivity contribution in [2.24, 2.45) is 5.41 Å². The van der Waals surface area contributed by atoms with E-state index in [4.69, 9.17) is 0 Å². The minimum atomic E-state index is -0.397. The van der Waals surface area contributed by atoms with Crippen LogP contribution in [0.25, 0.3) is 0 Å². The molecule has 0 aliphatic carbocycles. The van der Waals surface area contributed by atoms with Crippen molar-refractivity contribution in [2.75, 3.05) is 26.2 Å². The number of hydrogen-bond acceptors (Lipinski definition) is 3. The molecule has 2 fully saturated rings. The first-order chi connectivity index (χ1) is 11.1. The predicted molar refractivity (Wildman–Crippen MR) is 85.8 cm³/mol. The molecular weight excluding hydrogens is 294 g/mol. The van der Waals surface area contributed by atoms with Crippen molar-refractivity contribution < 1.29 is 9.59 Å². The molecule has 2 aliphatic rings. The van der Waals surface area contributed by atoms with E-state index in [0.717, 1.165) is 32.4 Å². The van der Waals surface area contributed by atoms with Crippen molar-refractivity contribution in [1.29, 1.82) is 0 Å². The maximum atomic E-state index is 12.7. The van der Waals surface area contributed by atoms with Crippen molar-refractivity contribution in [3.63, 3.8) is 0 Å². The van der Waals surface area contributed by atoms with Gasteiger partial charge < -0.3 is 14.4 Å². The Kier molecular flexibility index (Phi) is 4.24. The highest BCUT2D eigenvalue weighted by Crippen LogP contribution is 2.40. The molecular formula is C17H23N3O3. The topological polar surface area (TPSA) is 62.6 Å². The fourth-order valence-corrected chi connectivity index (χ4v) is 3.75. The number of rotatable bonds is 3. The van der Waals surface area contributed by atoms with Crippen LogP contribution in [0.3, 0.4) is 0 Å². The summed E-state index contributed by atoms with van der Waals surface area (Å²) < 4.78 is 1.41. The van der Waals surface area contributed by atoms with E-state index in [9.17, 15) is 14.4 Å². The number of likely N-dealkylation sites (tertiary alicyclic amines) is 2. The van der Waals surface area contributed by atoms with Gasteiger partial charge in [0.1, 0.15) is 6.54 Å². The van der Waals surface area contributed by atoms with Crippen LogP contribution in [0.5, 0.6) is 0 Å². The summed E-state index contributed by atoms with van der Waals surface area (Å²) in [5.41, 5.74) is -0.577. The van der Waals surface area contributed by atoms with Crippen LogP contribution in [0.2, 0.25) is 0 Å². The highest BCUT2D eigenvalue weighted by Gasteiger charge is 2.48. The number of pyridine rings is 1. The molecule has 0 saturated carbocycles. The zero-order valence-electron chi connectivity index (χ0n) is 13.5. The van der Waals surface area contributed by atoms with Gasteiger partial charge in [-0.1, -0.05) is 6.07 Å². The standard InChI is InChI=1S/C17H23N3O3/c1-2-18-10-5-7-17(16(18)23)8-11-20(13-17)15(22)12-19-9-4-3-6-14(19)21/h3-4,6,9H,2,5,7-8,10-13H2,1H3/t17-/m0/s1. The number of nitrogens with zero attached hydrogens (tertiary/aromatic N) is 3. The lowest BCUT2D eigenvalue weighted by Gasteiger charge is -2.38. The van der Waals surface area contributed by atoms with E-state index in [1.807, 2.05) is 11.8 Å². The molecule has 2 saturated heterocycles. The molecule has 1 atom stereocenters. The van der Waals surface area contributed by atoms with Crippen LogP contribution in [0.1, 0.15) is 26.2 Å². The SMILES string of the molecule is CCN1CCC[C@@]2(CCN(C(=O)Cn3ccccc3=O)C2)C1=O. The largest absolute Gasteiger partial charge is 0.342 e. The van der Waals surface area contributed by atoms with E-state index in [2.05, 4.69) is 0 Å². The van der Waals surface area contributed by atoms with E-state index in [-0.39, 0.29) is 23.9 Å². The third-order valence-corrected chi connectivity index (χ3v) is 5.12. The molecule has 0 unspecified atom stereocenters. The molecule has 0 bridgehead atoms. The number of carbonyl (C=O) groups excluding carboxylic acids is 2. The summed E-state index contributed by atoms with van der Waals surface area (Å²) in [4.78, 5) is 40.6. The molecule has 1 aromatic heterocycles. The highest BCUT2D eigenvalue weighted by molar-refractivity contribution is 5.86. The quantitative estimate of drug-likeness (QED) is 0.825. The van der Waals surface area contributed by atoms with Crippen LogP contribution in [-0.2, 0) is 16.1 Å². The van der Waals surface area contributed by atoms with Crippen LogP contribution < -0.4 is 5.56 Å². The van der Waals surface area contributed by atoms with Crippen LogP contribution in [0.15, 0.2) is 29.2 Å². The Morgan fingerprint density at radius 2 is 2.04 bits per heavy atom. The summed E-state index contributed by atoms with van der Waals surface area (Å²) in [6, 6.07) is 4.85. The average molecular weight is 317 g/mol. The zero-order valence-corrected chi connectivity index (χ0v) is 13.5.